The van der Waals surface area contributed by atoms with Gasteiger partial charge in [0.15, 0.2) is 0 Å². The van der Waals surface area contributed by atoms with Gasteiger partial charge < -0.3 is 25.8 Å². The highest BCUT2D eigenvalue weighted by atomic mass is 32.1. The lowest BCUT2D eigenvalue weighted by Crippen LogP contribution is -2.54. The highest BCUT2D eigenvalue weighted by molar-refractivity contribution is 7.07. The van der Waals surface area contributed by atoms with Crippen molar-refractivity contribution in [1.82, 2.24) is 20.9 Å². The van der Waals surface area contributed by atoms with Crippen LogP contribution in [-0.4, -0.2) is 58.3 Å². The minimum atomic E-state index is -0.914. The number of carbonyl (C=O) groups excluding carboxylic acids is 3. The first kappa shape index (κ1) is 31.0. The van der Waals surface area contributed by atoms with Gasteiger partial charge in [0.25, 0.3) is 0 Å². The van der Waals surface area contributed by atoms with Gasteiger partial charge in [-0.25, -0.2) is 9.78 Å². The van der Waals surface area contributed by atoms with Crippen LogP contribution in [0, 0.1) is 11.8 Å². The molecular weight excluding hydrogens is 492 g/mol. The summed E-state index contributed by atoms with van der Waals surface area (Å²) < 4.78 is 5.38. The number of rotatable bonds is 13. The number of nitrogens with one attached hydrogen (secondary N) is 3. The number of amides is 3. The fourth-order valence-electron chi connectivity index (χ4n) is 4.64. The second kappa shape index (κ2) is 15.3. The van der Waals surface area contributed by atoms with Crippen molar-refractivity contribution < 1.29 is 24.2 Å². The lowest BCUT2D eigenvalue weighted by atomic mass is 9.82. The highest BCUT2D eigenvalue weighted by Crippen LogP contribution is 2.29. The molecule has 37 heavy (non-hydrogen) atoms. The molecule has 0 aromatic carbocycles. The van der Waals surface area contributed by atoms with E-state index >= 15 is 0 Å². The van der Waals surface area contributed by atoms with Crippen molar-refractivity contribution in [2.45, 2.75) is 116 Å². The predicted molar refractivity (Wildman–Crippen MR) is 145 cm³/mol. The van der Waals surface area contributed by atoms with Crippen LogP contribution < -0.4 is 16.0 Å². The Balaban J connectivity index is 2.15. The molecular formula is C27H46N4O5S. The fraction of sp³-hybridized carbons (Fsp3) is 0.778. The Morgan fingerprint density at radius 3 is 2.46 bits per heavy atom. The molecule has 1 aromatic rings. The number of carbonyl (C=O) groups is 3. The van der Waals surface area contributed by atoms with Gasteiger partial charge in [-0.2, -0.15) is 0 Å². The molecule has 1 aromatic heterocycles. The maximum Gasteiger partial charge on any atom is 0.408 e. The van der Waals surface area contributed by atoms with Crippen LogP contribution in [-0.2, 0) is 20.7 Å². The Morgan fingerprint density at radius 2 is 1.86 bits per heavy atom. The summed E-state index contributed by atoms with van der Waals surface area (Å²) in [7, 11) is 0. The third-order valence-corrected chi connectivity index (χ3v) is 7.24. The number of hydrogen-bond donors (Lipinski definition) is 4. The smallest absolute Gasteiger partial charge is 0.408 e. The second-order valence-corrected chi connectivity index (χ2v) is 12.0. The summed E-state index contributed by atoms with van der Waals surface area (Å²) >= 11 is 1.41. The summed E-state index contributed by atoms with van der Waals surface area (Å²) in [5.74, 6) is -0.495. The zero-order chi connectivity index (χ0) is 27.4. The van der Waals surface area contributed by atoms with Crippen LogP contribution in [0.2, 0.25) is 0 Å². The molecule has 2 rings (SSSR count). The number of aliphatic hydroxyl groups is 1. The Labute approximate surface area is 225 Å². The van der Waals surface area contributed by atoms with Crippen molar-refractivity contribution in [3.63, 3.8) is 0 Å². The first-order valence-electron chi connectivity index (χ1n) is 13.6. The molecule has 1 fully saturated rings. The molecule has 1 saturated carbocycles. The molecule has 1 aliphatic carbocycles. The maximum atomic E-state index is 13.5. The van der Waals surface area contributed by atoms with Crippen LogP contribution in [0.15, 0.2) is 10.9 Å². The van der Waals surface area contributed by atoms with Gasteiger partial charge in [-0.3, -0.25) is 9.59 Å². The monoisotopic (exact) mass is 538 g/mol. The van der Waals surface area contributed by atoms with E-state index < -0.39 is 41.7 Å². The van der Waals surface area contributed by atoms with Crippen molar-refractivity contribution in [3.8, 4) is 0 Å². The largest absolute Gasteiger partial charge is 0.444 e. The normalized spacial score (nSPS) is 17.8. The molecule has 1 heterocycles. The van der Waals surface area contributed by atoms with Crippen molar-refractivity contribution in [2.24, 2.45) is 11.8 Å². The zero-order valence-corrected chi connectivity index (χ0v) is 23.9. The molecule has 0 saturated heterocycles. The van der Waals surface area contributed by atoms with Crippen LogP contribution in [0.5, 0.6) is 0 Å². The molecule has 1 aliphatic rings. The summed E-state index contributed by atoms with van der Waals surface area (Å²) in [6, 6.07) is -1.45. The van der Waals surface area contributed by atoms with E-state index in [1.165, 1.54) is 17.8 Å². The Kier molecular flexibility index (Phi) is 12.8. The molecule has 4 N–H and O–H groups in total. The molecule has 0 aliphatic heterocycles. The van der Waals surface area contributed by atoms with Gasteiger partial charge in [0.05, 0.1) is 23.4 Å². The third-order valence-electron chi connectivity index (χ3n) is 6.60. The van der Waals surface area contributed by atoms with Crippen LogP contribution >= 0.6 is 11.3 Å². The quantitative estimate of drug-likeness (QED) is 0.301. The van der Waals surface area contributed by atoms with Crippen LogP contribution in [0.3, 0.4) is 0 Å². The molecule has 0 radical (unpaired) electrons. The average Bonchev–Trinajstić information content (AvgIpc) is 3.34. The van der Waals surface area contributed by atoms with Crippen molar-refractivity contribution in [2.75, 3.05) is 6.54 Å². The van der Waals surface area contributed by atoms with Gasteiger partial charge in [-0.15, -0.1) is 11.3 Å². The zero-order valence-electron chi connectivity index (χ0n) is 23.0. The highest BCUT2D eigenvalue weighted by Gasteiger charge is 2.32. The van der Waals surface area contributed by atoms with E-state index in [2.05, 4.69) is 20.9 Å². The summed E-state index contributed by atoms with van der Waals surface area (Å²) in [5, 5.41) is 21.6. The van der Waals surface area contributed by atoms with E-state index in [1.807, 2.05) is 12.3 Å². The van der Waals surface area contributed by atoms with Crippen molar-refractivity contribution in [1.29, 1.82) is 0 Å². The van der Waals surface area contributed by atoms with Crippen molar-refractivity contribution >= 4 is 29.2 Å². The van der Waals surface area contributed by atoms with E-state index in [0.29, 0.717) is 24.6 Å². The minimum absolute atomic E-state index is 0.100. The van der Waals surface area contributed by atoms with Gasteiger partial charge in [-0.1, -0.05) is 46.0 Å². The number of aromatic nitrogens is 1. The average molecular weight is 539 g/mol. The standard InChI is InChI=1S/C27H46N4O5S/c1-6-12-28-24(33)18(2)13-23(32)21(14-19-10-8-7-9-11-19)30-25(34)22(15-20-16-37-17-29-20)31-26(35)36-27(3,4)5/h16-19,21-23,32H,6-15H2,1-5H3,(H,28,33)(H,30,34)(H,31,35)/t18-,21+,22+,23+/m1/s1. The third kappa shape index (κ3) is 11.8. The number of aliphatic hydroxyl groups excluding tert-OH is 1. The summed E-state index contributed by atoms with van der Waals surface area (Å²) in [6.07, 6.45) is 5.95. The minimum Gasteiger partial charge on any atom is -0.444 e. The van der Waals surface area contributed by atoms with Crippen LogP contribution in [0.25, 0.3) is 0 Å². The van der Waals surface area contributed by atoms with Crippen LogP contribution in [0.4, 0.5) is 4.79 Å². The first-order valence-corrected chi connectivity index (χ1v) is 14.6. The molecule has 210 valence electrons. The number of ether oxygens (including phenoxy) is 1. The lowest BCUT2D eigenvalue weighted by Gasteiger charge is -2.32. The lowest BCUT2D eigenvalue weighted by molar-refractivity contribution is -0.126. The van der Waals surface area contributed by atoms with Gasteiger partial charge in [-0.05, 0) is 46.0 Å². The van der Waals surface area contributed by atoms with E-state index in [1.54, 1.807) is 33.2 Å². The number of alkyl carbamates (subject to hydrolysis) is 1. The first-order chi connectivity index (χ1) is 17.5. The SMILES string of the molecule is CCCNC(=O)[C@H](C)C[C@H](O)[C@H](CC1CCCCC1)NC(=O)[C@H](Cc1cscn1)NC(=O)OC(C)(C)C. The second-order valence-electron chi connectivity index (χ2n) is 11.2. The molecule has 4 atom stereocenters. The Bertz CT molecular complexity index is 836. The number of thiazole rings is 1. The molecule has 0 unspecified atom stereocenters. The predicted octanol–water partition coefficient (Wildman–Crippen LogP) is 3.95. The van der Waals surface area contributed by atoms with E-state index in [0.717, 1.165) is 32.1 Å². The molecule has 0 bridgehead atoms. The van der Waals surface area contributed by atoms with Gasteiger partial charge >= 0.3 is 6.09 Å². The summed E-state index contributed by atoms with van der Waals surface area (Å²) in [6.45, 7) is 9.66. The molecule has 3 amide bonds. The molecule has 10 heteroatoms. The topological polar surface area (TPSA) is 130 Å². The number of hydrogen-bond acceptors (Lipinski definition) is 7. The molecule has 9 nitrogen and oxygen atoms in total. The Hall–Kier alpha value is -2.20. The van der Waals surface area contributed by atoms with Gasteiger partial charge in [0.1, 0.15) is 11.6 Å². The van der Waals surface area contributed by atoms with Crippen molar-refractivity contribution in [3.05, 3.63) is 16.6 Å². The fourth-order valence-corrected chi connectivity index (χ4v) is 5.21. The van der Waals surface area contributed by atoms with Gasteiger partial charge in [0, 0.05) is 24.3 Å². The number of nitrogens with zero attached hydrogens (tertiary/aromatic N) is 1. The summed E-state index contributed by atoms with van der Waals surface area (Å²) in [4.78, 5) is 42.7. The molecule has 0 spiro atoms. The van der Waals surface area contributed by atoms with Gasteiger partial charge in [0.2, 0.25) is 11.8 Å². The van der Waals surface area contributed by atoms with E-state index in [9.17, 15) is 19.5 Å². The Morgan fingerprint density at radius 1 is 1.16 bits per heavy atom. The van der Waals surface area contributed by atoms with E-state index in [4.69, 9.17) is 4.74 Å². The van der Waals surface area contributed by atoms with Crippen LogP contribution in [0.1, 0.15) is 91.7 Å². The summed E-state index contributed by atoms with van der Waals surface area (Å²) in [5.41, 5.74) is 1.66. The maximum absolute atomic E-state index is 13.5. The van der Waals surface area contributed by atoms with E-state index in [-0.39, 0.29) is 18.7 Å².